The highest BCUT2D eigenvalue weighted by atomic mass is 79.9. The van der Waals surface area contributed by atoms with E-state index in [1.54, 1.807) is 28.1 Å². The first-order valence-corrected chi connectivity index (χ1v) is 9.19. The molecule has 0 aliphatic carbocycles. The van der Waals surface area contributed by atoms with Crippen LogP contribution >= 0.6 is 15.9 Å². The van der Waals surface area contributed by atoms with E-state index in [4.69, 9.17) is 14.2 Å². The molecule has 2 aromatic rings. The number of benzene rings is 2. The van der Waals surface area contributed by atoms with Gasteiger partial charge in [0.2, 0.25) is 0 Å². The molecule has 1 amide bonds. The van der Waals surface area contributed by atoms with Gasteiger partial charge in [0, 0.05) is 11.0 Å². The minimum absolute atomic E-state index is 0.261. The van der Waals surface area contributed by atoms with Crippen LogP contribution in [-0.4, -0.2) is 32.3 Å². The van der Waals surface area contributed by atoms with Crippen molar-refractivity contribution in [3.8, 4) is 17.2 Å². The second kappa shape index (κ2) is 9.08. The van der Waals surface area contributed by atoms with Gasteiger partial charge >= 0.3 is 0 Å². The van der Waals surface area contributed by atoms with Gasteiger partial charge in [-0.1, -0.05) is 15.9 Å². The Morgan fingerprint density at radius 1 is 1.11 bits per heavy atom. The number of methoxy groups -OCH3 is 2. The fraction of sp³-hybridized carbons (Fsp3) is 0.350. The van der Waals surface area contributed by atoms with Gasteiger partial charge in [-0.2, -0.15) is 0 Å². The quantitative estimate of drug-likeness (QED) is 0.671. The summed E-state index contributed by atoms with van der Waals surface area (Å²) in [5.74, 6) is 1.07. The smallest absolute Gasteiger partial charge is 0.263 e. The molecule has 0 heterocycles. The number of carbonyl (C=O) groups excluding carboxylic acids is 1. The summed E-state index contributed by atoms with van der Waals surface area (Å²) in [6.07, 6.45) is 0.597. The third-order valence-electron chi connectivity index (χ3n) is 3.97. The molecule has 0 saturated carbocycles. The Bertz CT molecular complexity index is 793. The molecule has 27 heavy (non-hydrogen) atoms. The molecular formula is C20H23BrFNO4. The normalized spacial score (nSPS) is 11.0. The maximum absolute atomic E-state index is 13.0. The van der Waals surface area contributed by atoms with Crippen LogP contribution in [0.4, 0.5) is 4.39 Å². The molecule has 0 atom stereocenters. The van der Waals surface area contributed by atoms with E-state index >= 15 is 0 Å². The SMILES string of the molecule is COc1cc(Br)c(CCNC(=O)C(C)(C)Oc2ccc(F)cc2)cc1OC. The third kappa shape index (κ3) is 5.60. The summed E-state index contributed by atoms with van der Waals surface area (Å²) < 4.78 is 30.1. The maximum Gasteiger partial charge on any atom is 0.263 e. The first-order valence-electron chi connectivity index (χ1n) is 8.40. The molecule has 0 fully saturated rings. The second-order valence-electron chi connectivity index (χ2n) is 6.37. The summed E-state index contributed by atoms with van der Waals surface area (Å²) in [4.78, 5) is 12.5. The van der Waals surface area contributed by atoms with Crippen LogP contribution in [0.25, 0.3) is 0 Å². The Labute approximate surface area is 166 Å². The van der Waals surface area contributed by atoms with Crippen LogP contribution in [-0.2, 0) is 11.2 Å². The van der Waals surface area contributed by atoms with Crippen LogP contribution in [0.3, 0.4) is 0 Å². The Kier molecular flexibility index (Phi) is 7.07. The summed E-state index contributed by atoms with van der Waals surface area (Å²) in [6.45, 7) is 3.75. The first-order chi connectivity index (χ1) is 12.8. The molecule has 2 aromatic carbocycles. The molecule has 0 bridgehead atoms. The van der Waals surface area contributed by atoms with Gasteiger partial charge in [0.15, 0.2) is 17.1 Å². The average molecular weight is 440 g/mol. The minimum Gasteiger partial charge on any atom is -0.493 e. The molecule has 0 saturated heterocycles. The number of carbonyl (C=O) groups is 1. The zero-order valence-corrected chi connectivity index (χ0v) is 17.4. The zero-order chi connectivity index (χ0) is 20.0. The van der Waals surface area contributed by atoms with Crippen LogP contribution in [0.15, 0.2) is 40.9 Å². The Morgan fingerprint density at radius 2 is 1.70 bits per heavy atom. The first kappa shape index (κ1) is 21.0. The van der Waals surface area contributed by atoms with Crippen LogP contribution < -0.4 is 19.5 Å². The average Bonchev–Trinajstić information content (AvgIpc) is 2.64. The maximum atomic E-state index is 13.0. The van der Waals surface area contributed by atoms with E-state index in [2.05, 4.69) is 21.2 Å². The lowest BCUT2D eigenvalue weighted by molar-refractivity contribution is -0.134. The summed E-state index contributed by atoms with van der Waals surface area (Å²) in [5, 5.41) is 2.87. The summed E-state index contributed by atoms with van der Waals surface area (Å²) in [7, 11) is 3.15. The monoisotopic (exact) mass is 439 g/mol. The lowest BCUT2D eigenvalue weighted by Crippen LogP contribution is -2.47. The molecule has 0 spiro atoms. The number of ether oxygens (including phenoxy) is 3. The van der Waals surface area contributed by atoms with E-state index in [1.165, 1.54) is 24.3 Å². The van der Waals surface area contributed by atoms with E-state index in [9.17, 15) is 9.18 Å². The highest BCUT2D eigenvalue weighted by molar-refractivity contribution is 9.10. The molecule has 0 aliphatic rings. The fourth-order valence-corrected chi connectivity index (χ4v) is 2.98. The molecule has 1 N–H and O–H groups in total. The van der Waals surface area contributed by atoms with Crippen LogP contribution in [0.1, 0.15) is 19.4 Å². The second-order valence-corrected chi connectivity index (χ2v) is 7.23. The van der Waals surface area contributed by atoms with Gasteiger partial charge < -0.3 is 19.5 Å². The number of hydrogen-bond acceptors (Lipinski definition) is 4. The molecule has 2 rings (SSSR count). The number of halogens is 2. The highest BCUT2D eigenvalue weighted by Gasteiger charge is 2.29. The molecule has 5 nitrogen and oxygen atoms in total. The Balaban J connectivity index is 1.95. The highest BCUT2D eigenvalue weighted by Crippen LogP contribution is 2.33. The van der Waals surface area contributed by atoms with E-state index in [0.717, 1.165) is 10.0 Å². The van der Waals surface area contributed by atoms with Crippen molar-refractivity contribution in [2.75, 3.05) is 20.8 Å². The number of amides is 1. The van der Waals surface area contributed by atoms with Crippen molar-refractivity contribution in [1.82, 2.24) is 5.32 Å². The van der Waals surface area contributed by atoms with E-state index in [1.807, 2.05) is 12.1 Å². The van der Waals surface area contributed by atoms with Gasteiger partial charge in [-0.3, -0.25) is 4.79 Å². The molecule has 7 heteroatoms. The van der Waals surface area contributed by atoms with Crippen molar-refractivity contribution >= 4 is 21.8 Å². The van der Waals surface area contributed by atoms with Crippen LogP contribution in [0.2, 0.25) is 0 Å². The Hall–Kier alpha value is -2.28. The number of nitrogens with one attached hydrogen (secondary N) is 1. The molecular weight excluding hydrogens is 417 g/mol. The van der Waals surface area contributed by atoms with Crippen molar-refractivity contribution in [3.05, 3.63) is 52.3 Å². The van der Waals surface area contributed by atoms with E-state index < -0.39 is 5.60 Å². The van der Waals surface area contributed by atoms with Crippen LogP contribution in [0.5, 0.6) is 17.2 Å². The fourth-order valence-electron chi connectivity index (χ4n) is 2.46. The summed E-state index contributed by atoms with van der Waals surface area (Å²) in [6, 6.07) is 9.26. The van der Waals surface area contributed by atoms with E-state index in [0.29, 0.717) is 30.2 Å². The van der Waals surface area contributed by atoms with Gasteiger partial charge in [-0.25, -0.2) is 4.39 Å². The largest absolute Gasteiger partial charge is 0.493 e. The van der Waals surface area contributed by atoms with Crippen molar-refractivity contribution in [2.24, 2.45) is 0 Å². The van der Waals surface area contributed by atoms with Gasteiger partial charge in [0.05, 0.1) is 14.2 Å². The predicted molar refractivity (Wildman–Crippen MR) is 105 cm³/mol. The third-order valence-corrected chi connectivity index (χ3v) is 4.70. The molecule has 0 radical (unpaired) electrons. The summed E-state index contributed by atoms with van der Waals surface area (Å²) >= 11 is 3.50. The van der Waals surface area contributed by atoms with Gasteiger partial charge in [-0.05, 0) is 62.2 Å². The van der Waals surface area contributed by atoms with Gasteiger partial charge in [0.25, 0.3) is 5.91 Å². The van der Waals surface area contributed by atoms with Crippen molar-refractivity contribution in [2.45, 2.75) is 25.9 Å². The zero-order valence-electron chi connectivity index (χ0n) is 15.8. The van der Waals surface area contributed by atoms with Crippen molar-refractivity contribution < 1.29 is 23.4 Å². The molecule has 0 aromatic heterocycles. The lowest BCUT2D eigenvalue weighted by Gasteiger charge is -2.25. The number of rotatable bonds is 8. The van der Waals surface area contributed by atoms with Gasteiger partial charge in [-0.15, -0.1) is 0 Å². The minimum atomic E-state index is -1.09. The van der Waals surface area contributed by atoms with Crippen molar-refractivity contribution in [1.29, 1.82) is 0 Å². The number of hydrogen-bond donors (Lipinski definition) is 1. The lowest BCUT2D eigenvalue weighted by atomic mass is 10.1. The van der Waals surface area contributed by atoms with Gasteiger partial charge in [0.1, 0.15) is 11.6 Å². The van der Waals surface area contributed by atoms with E-state index in [-0.39, 0.29) is 11.7 Å². The van der Waals surface area contributed by atoms with Crippen molar-refractivity contribution in [3.63, 3.8) is 0 Å². The topological polar surface area (TPSA) is 56.8 Å². The van der Waals surface area contributed by atoms with Crippen LogP contribution in [0, 0.1) is 5.82 Å². The Morgan fingerprint density at radius 3 is 2.30 bits per heavy atom. The standard InChI is InChI=1S/C20H23BrFNO4/c1-20(2,27-15-7-5-14(22)6-8-15)19(24)23-10-9-13-11-17(25-3)18(26-4)12-16(13)21/h5-8,11-12H,9-10H2,1-4H3,(H,23,24). The molecule has 146 valence electrons. The molecule has 0 aliphatic heterocycles. The summed E-state index contributed by atoms with van der Waals surface area (Å²) in [5.41, 5.74) is -0.114. The molecule has 0 unspecified atom stereocenters. The predicted octanol–water partition coefficient (Wildman–Crippen LogP) is 4.12.